The van der Waals surface area contributed by atoms with Crippen molar-refractivity contribution in [2.75, 3.05) is 31.1 Å². The molecule has 0 aromatic heterocycles. The molecule has 1 aliphatic heterocycles. The van der Waals surface area contributed by atoms with Crippen LogP contribution < -0.4 is 9.08 Å². The fourth-order valence-corrected chi connectivity index (χ4v) is 4.00. The van der Waals surface area contributed by atoms with Gasteiger partial charge in [-0.05, 0) is 42.5 Å². The number of nitrogens with zero attached hydrogens (tertiary/aromatic N) is 2. The van der Waals surface area contributed by atoms with Crippen molar-refractivity contribution < 1.29 is 35.0 Å². The van der Waals surface area contributed by atoms with Crippen molar-refractivity contribution in [2.24, 2.45) is 0 Å². The van der Waals surface area contributed by atoms with E-state index in [9.17, 15) is 30.8 Å². The van der Waals surface area contributed by atoms with E-state index < -0.39 is 32.6 Å². The summed E-state index contributed by atoms with van der Waals surface area (Å²) in [5.74, 6) is -1.67. The molecular formula is C19H18F4N2O4S. The van der Waals surface area contributed by atoms with Gasteiger partial charge in [-0.1, -0.05) is 0 Å². The van der Waals surface area contributed by atoms with E-state index in [0.29, 0.717) is 38.3 Å². The molecule has 2 aromatic rings. The van der Waals surface area contributed by atoms with Gasteiger partial charge in [-0.15, -0.1) is 0 Å². The molecule has 162 valence electrons. The third-order valence-electron chi connectivity index (χ3n) is 4.66. The standard InChI is InChI=1S/C19H18F4N2O4S/c1-13(26)24-8-10-25(11-9-24)14-2-4-15(5-3-14)29-30(27,28)16-6-7-18(20)17(12-16)19(21,22)23/h2-7,12H,8-11H2,1H3. The molecule has 0 saturated carbocycles. The lowest BCUT2D eigenvalue weighted by Crippen LogP contribution is -2.48. The molecule has 1 aliphatic rings. The Morgan fingerprint density at radius 2 is 1.60 bits per heavy atom. The summed E-state index contributed by atoms with van der Waals surface area (Å²) in [5, 5.41) is 0. The molecule has 0 unspecified atom stereocenters. The number of piperazine rings is 1. The van der Waals surface area contributed by atoms with E-state index in [2.05, 4.69) is 0 Å². The van der Waals surface area contributed by atoms with Gasteiger partial charge in [-0.3, -0.25) is 4.79 Å². The Kier molecular flexibility index (Phi) is 5.93. The first-order chi connectivity index (χ1) is 14.0. The maximum Gasteiger partial charge on any atom is 0.419 e. The van der Waals surface area contributed by atoms with Crippen molar-refractivity contribution in [3.05, 3.63) is 53.8 Å². The van der Waals surface area contributed by atoms with Crippen molar-refractivity contribution in [1.29, 1.82) is 0 Å². The Morgan fingerprint density at radius 1 is 1.00 bits per heavy atom. The minimum absolute atomic E-state index is 0.00178. The van der Waals surface area contributed by atoms with Crippen LogP contribution >= 0.6 is 0 Å². The van der Waals surface area contributed by atoms with Gasteiger partial charge in [0, 0.05) is 38.8 Å². The van der Waals surface area contributed by atoms with E-state index in [1.165, 1.54) is 19.1 Å². The monoisotopic (exact) mass is 446 g/mol. The van der Waals surface area contributed by atoms with E-state index in [4.69, 9.17) is 4.18 Å². The second-order valence-corrected chi connectivity index (χ2v) is 8.21. The van der Waals surface area contributed by atoms with Crippen molar-refractivity contribution in [3.8, 4) is 5.75 Å². The zero-order valence-electron chi connectivity index (χ0n) is 15.8. The molecule has 0 N–H and O–H groups in total. The zero-order valence-corrected chi connectivity index (χ0v) is 16.6. The maximum absolute atomic E-state index is 13.4. The lowest BCUT2D eigenvalue weighted by atomic mass is 10.2. The quantitative estimate of drug-likeness (QED) is 0.533. The fourth-order valence-electron chi connectivity index (χ4n) is 3.04. The summed E-state index contributed by atoms with van der Waals surface area (Å²) in [6.07, 6.45) is -5.04. The van der Waals surface area contributed by atoms with Crippen LogP contribution in [0, 0.1) is 5.82 Å². The van der Waals surface area contributed by atoms with Gasteiger partial charge in [0.25, 0.3) is 0 Å². The molecule has 6 nitrogen and oxygen atoms in total. The highest BCUT2D eigenvalue weighted by atomic mass is 32.2. The molecule has 11 heteroatoms. The summed E-state index contributed by atoms with van der Waals surface area (Å²) in [6.45, 7) is 3.84. The van der Waals surface area contributed by atoms with E-state index in [-0.39, 0.29) is 17.7 Å². The predicted molar refractivity (Wildman–Crippen MR) is 100 cm³/mol. The van der Waals surface area contributed by atoms with Crippen LogP contribution in [0.15, 0.2) is 47.4 Å². The number of benzene rings is 2. The van der Waals surface area contributed by atoms with Crippen LogP contribution in [0.25, 0.3) is 0 Å². The van der Waals surface area contributed by atoms with Crippen LogP contribution in [0.3, 0.4) is 0 Å². The molecule has 30 heavy (non-hydrogen) atoms. The number of rotatable bonds is 4. The molecule has 0 aliphatic carbocycles. The highest BCUT2D eigenvalue weighted by Crippen LogP contribution is 2.33. The second kappa shape index (κ2) is 8.13. The third-order valence-corrected chi connectivity index (χ3v) is 5.91. The van der Waals surface area contributed by atoms with Crippen molar-refractivity contribution >= 4 is 21.7 Å². The second-order valence-electron chi connectivity index (χ2n) is 6.66. The van der Waals surface area contributed by atoms with E-state index in [1.807, 2.05) is 4.90 Å². The van der Waals surface area contributed by atoms with Gasteiger partial charge in [0.2, 0.25) is 5.91 Å². The zero-order chi connectivity index (χ0) is 22.1. The molecule has 1 fully saturated rings. The minimum Gasteiger partial charge on any atom is -0.379 e. The number of alkyl halides is 3. The van der Waals surface area contributed by atoms with E-state index in [0.717, 1.165) is 5.69 Å². The molecule has 0 radical (unpaired) electrons. The number of hydrogen-bond donors (Lipinski definition) is 0. The van der Waals surface area contributed by atoms with Crippen LogP contribution in [0.5, 0.6) is 5.75 Å². The minimum atomic E-state index is -5.04. The van der Waals surface area contributed by atoms with Crippen molar-refractivity contribution in [3.63, 3.8) is 0 Å². The Morgan fingerprint density at radius 3 is 2.13 bits per heavy atom. The number of amides is 1. The van der Waals surface area contributed by atoms with Crippen LogP contribution in [-0.4, -0.2) is 45.4 Å². The SMILES string of the molecule is CC(=O)N1CCN(c2ccc(OS(=O)(=O)c3ccc(F)c(C(F)(F)F)c3)cc2)CC1. The van der Waals surface area contributed by atoms with Crippen molar-refractivity contribution in [2.45, 2.75) is 18.0 Å². The number of hydrogen-bond acceptors (Lipinski definition) is 5. The smallest absolute Gasteiger partial charge is 0.379 e. The average Bonchev–Trinajstić information content (AvgIpc) is 2.67. The fraction of sp³-hybridized carbons (Fsp3) is 0.316. The van der Waals surface area contributed by atoms with Gasteiger partial charge in [0.05, 0.1) is 5.56 Å². The molecule has 3 rings (SSSR count). The largest absolute Gasteiger partial charge is 0.419 e. The highest BCUT2D eigenvalue weighted by molar-refractivity contribution is 7.87. The predicted octanol–water partition coefficient (Wildman–Crippen LogP) is 3.28. The summed E-state index contributed by atoms with van der Waals surface area (Å²) in [7, 11) is -4.59. The average molecular weight is 446 g/mol. The maximum atomic E-state index is 13.4. The van der Waals surface area contributed by atoms with Gasteiger partial charge >= 0.3 is 16.3 Å². The highest BCUT2D eigenvalue weighted by Gasteiger charge is 2.35. The van der Waals surface area contributed by atoms with E-state index in [1.54, 1.807) is 17.0 Å². The topological polar surface area (TPSA) is 66.9 Å². The Bertz CT molecular complexity index is 1030. The molecule has 1 amide bonds. The van der Waals surface area contributed by atoms with Crippen molar-refractivity contribution in [1.82, 2.24) is 4.90 Å². The molecule has 0 bridgehead atoms. The van der Waals surface area contributed by atoms with Gasteiger partial charge in [0.1, 0.15) is 16.5 Å². The lowest BCUT2D eigenvalue weighted by molar-refractivity contribution is -0.140. The van der Waals surface area contributed by atoms with Crippen LogP contribution in [-0.2, 0) is 21.1 Å². The Balaban J connectivity index is 1.73. The molecule has 0 atom stereocenters. The van der Waals surface area contributed by atoms with Crippen LogP contribution in [0.4, 0.5) is 23.2 Å². The van der Waals surface area contributed by atoms with Gasteiger partial charge in [-0.2, -0.15) is 21.6 Å². The normalized spacial score (nSPS) is 15.2. The van der Waals surface area contributed by atoms with E-state index >= 15 is 0 Å². The Labute approximate surface area is 170 Å². The summed E-state index contributed by atoms with van der Waals surface area (Å²) < 4.78 is 81.4. The molecule has 1 heterocycles. The molecule has 2 aromatic carbocycles. The summed E-state index contributed by atoms with van der Waals surface area (Å²) in [4.78, 5) is 14.3. The number of carbonyl (C=O) groups is 1. The third kappa shape index (κ3) is 4.84. The first-order valence-corrected chi connectivity index (χ1v) is 10.3. The first kappa shape index (κ1) is 21.9. The van der Waals surface area contributed by atoms with Crippen LogP contribution in [0.2, 0.25) is 0 Å². The Hall–Kier alpha value is -2.82. The summed E-state index contributed by atoms with van der Waals surface area (Å²) >= 11 is 0. The summed E-state index contributed by atoms with van der Waals surface area (Å²) in [5.41, 5.74) is -0.906. The molecule has 1 saturated heterocycles. The molecule has 0 spiro atoms. The van der Waals surface area contributed by atoms with Gasteiger partial charge < -0.3 is 14.0 Å². The first-order valence-electron chi connectivity index (χ1n) is 8.89. The number of anilines is 1. The van der Waals surface area contributed by atoms with Gasteiger partial charge in [0.15, 0.2) is 0 Å². The number of carbonyl (C=O) groups excluding carboxylic acids is 1. The van der Waals surface area contributed by atoms with Gasteiger partial charge in [-0.25, -0.2) is 4.39 Å². The van der Waals surface area contributed by atoms with Crippen LogP contribution in [0.1, 0.15) is 12.5 Å². The lowest BCUT2D eigenvalue weighted by Gasteiger charge is -2.35. The molecular weight excluding hydrogens is 428 g/mol. The summed E-state index contributed by atoms with van der Waals surface area (Å²) in [6, 6.07) is 7.32. The number of halogens is 4.